The summed E-state index contributed by atoms with van der Waals surface area (Å²) in [4.78, 5) is 3.81. The molecule has 0 aliphatic rings. The lowest BCUT2D eigenvalue weighted by Crippen LogP contribution is -1.93. The standard InChI is InChI=1S/C6H5ClINO2S/c7-12(10,11)6-1-5(2-8)3-9-4-6/h1,3-4H,2H2. The van der Waals surface area contributed by atoms with Crippen LogP contribution in [0.1, 0.15) is 5.56 Å². The molecule has 0 amide bonds. The molecule has 0 aromatic carbocycles. The maximum Gasteiger partial charge on any atom is 0.262 e. The average Bonchev–Trinajstić information content (AvgIpc) is 2.03. The van der Waals surface area contributed by atoms with Gasteiger partial charge in [-0.2, -0.15) is 0 Å². The van der Waals surface area contributed by atoms with E-state index in [0.29, 0.717) is 4.43 Å². The van der Waals surface area contributed by atoms with Crippen molar-refractivity contribution in [1.82, 2.24) is 4.98 Å². The van der Waals surface area contributed by atoms with E-state index < -0.39 is 9.05 Å². The molecule has 1 aromatic heterocycles. The van der Waals surface area contributed by atoms with E-state index in [1.54, 1.807) is 6.20 Å². The summed E-state index contributed by atoms with van der Waals surface area (Å²) in [5.41, 5.74) is 0.845. The van der Waals surface area contributed by atoms with E-state index in [1.165, 1.54) is 12.3 Å². The van der Waals surface area contributed by atoms with E-state index >= 15 is 0 Å². The molecule has 0 aliphatic heterocycles. The zero-order valence-corrected chi connectivity index (χ0v) is 9.60. The van der Waals surface area contributed by atoms with E-state index in [2.05, 4.69) is 27.6 Å². The largest absolute Gasteiger partial charge is 0.263 e. The van der Waals surface area contributed by atoms with Crippen LogP contribution < -0.4 is 0 Å². The number of halogens is 2. The molecule has 12 heavy (non-hydrogen) atoms. The molecule has 0 unspecified atom stereocenters. The van der Waals surface area contributed by atoms with Crippen molar-refractivity contribution < 1.29 is 8.42 Å². The van der Waals surface area contributed by atoms with Crippen molar-refractivity contribution in [3.05, 3.63) is 24.0 Å². The number of nitrogens with zero attached hydrogens (tertiary/aromatic N) is 1. The van der Waals surface area contributed by atoms with Gasteiger partial charge in [0, 0.05) is 27.5 Å². The van der Waals surface area contributed by atoms with Crippen molar-refractivity contribution in [1.29, 1.82) is 0 Å². The fraction of sp³-hybridized carbons (Fsp3) is 0.167. The van der Waals surface area contributed by atoms with Gasteiger partial charge in [-0.3, -0.25) is 4.98 Å². The summed E-state index contributed by atoms with van der Waals surface area (Å²) in [5.74, 6) is 0. The smallest absolute Gasteiger partial charge is 0.262 e. The normalized spacial score (nSPS) is 11.5. The first-order chi connectivity index (χ1) is 5.54. The molecule has 0 radical (unpaired) electrons. The molecule has 0 bridgehead atoms. The number of hydrogen-bond acceptors (Lipinski definition) is 3. The third-order valence-corrected chi connectivity index (χ3v) is 3.41. The Morgan fingerprint density at radius 2 is 2.17 bits per heavy atom. The van der Waals surface area contributed by atoms with Crippen LogP contribution in [-0.2, 0) is 13.5 Å². The molecule has 1 rings (SSSR count). The number of rotatable bonds is 2. The molecular formula is C6H5ClINO2S. The van der Waals surface area contributed by atoms with Gasteiger partial charge in [0.05, 0.1) is 0 Å². The van der Waals surface area contributed by atoms with Gasteiger partial charge in [-0.1, -0.05) is 22.6 Å². The van der Waals surface area contributed by atoms with Gasteiger partial charge in [-0.05, 0) is 11.6 Å². The van der Waals surface area contributed by atoms with Gasteiger partial charge in [0.15, 0.2) is 0 Å². The Hall–Kier alpha value is 0.120. The van der Waals surface area contributed by atoms with Gasteiger partial charge >= 0.3 is 0 Å². The molecule has 0 saturated carbocycles. The Balaban J connectivity index is 3.20. The van der Waals surface area contributed by atoms with Gasteiger partial charge < -0.3 is 0 Å². The van der Waals surface area contributed by atoms with Crippen molar-refractivity contribution in [3.63, 3.8) is 0 Å². The monoisotopic (exact) mass is 317 g/mol. The second-order valence-electron chi connectivity index (χ2n) is 2.10. The number of aromatic nitrogens is 1. The van der Waals surface area contributed by atoms with Gasteiger partial charge in [0.25, 0.3) is 9.05 Å². The molecule has 0 aliphatic carbocycles. The maximum atomic E-state index is 10.8. The second-order valence-corrected chi connectivity index (χ2v) is 5.43. The van der Waals surface area contributed by atoms with Crippen molar-refractivity contribution in [3.8, 4) is 0 Å². The van der Waals surface area contributed by atoms with Crippen LogP contribution in [0.15, 0.2) is 23.4 Å². The summed E-state index contributed by atoms with van der Waals surface area (Å²) in [5, 5.41) is 0. The quantitative estimate of drug-likeness (QED) is 0.476. The van der Waals surface area contributed by atoms with Crippen LogP contribution in [-0.4, -0.2) is 13.4 Å². The predicted octanol–water partition coefficient (Wildman–Crippen LogP) is 1.94. The Bertz CT molecular complexity index is 379. The van der Waals surface area contributed by atoms with Crippen molar-refractivity contribution in [2.75, 3.05) is 0 Å². The topological polar surface area (TPSA) is 47.0 Å². The molecule has 6 heteroatoms. The van der Waals surface area contributed by atoms with Crippen molar-refractivity contribution >= 4 is 42.3 Å². The van der Waals surface area contributed by atoms with Crippen LogP contribution in [0, 0.1) is 0 Å². The molecule has 66 valence electrons. The molecule has 3 nitrogen and oxygen atoms in total. The number of pyridine rings is 1. The molecule has 0 fully saturated rings. The average molecular weight is 318 g/mol. The van der Waals surface area contributed by atoms with E-state index in [-0.39, 0.29) is 4.90 Å². The fourth-order valence-corrected chi connectivity index (χ4v) is 1.82. The van der Waals surface area contributed by atoms with E-state index in [9.17, 15) is 8.42 Å². The van der Waals surface area contributed by atoms with Gasteiger partial charge in [0.1, 0.15) is 4.90 Å². The molecule has 0 N–H and O–H groups in total. The Morgan fingerprint density at radius 1 is 1.50 bits per heavy atom. The van der Waals surface area contributed by atoms with Crippen LogP contribution in [0.2, 0.25) is 0 Å². The Kier molecular flexibility index (Phi) is 3.30. The van der Waals surface area contributed by atoms with E-state index in [4.69, 9.17) is 10.7 Å². The summed E-state index contributed by atoms with van der Waals surface area (Å²) in [7, 11) is 1.49. The first-order valence-electron chi connectivity index (χ1n) is 2.98. The third-order valence-electron chi connectivity index (χ3n) is 1.21. The summed E-state index contributed by atoms with van der Waals surface area (Å²) in [6.07, 6.45) is 2.84. The summed E-state index contributed by atoms with van der Waals surface area (Å²) < 4.78 is 22.4. The SMILES string of the molecule is O=S(=O)(Cl)c1cncc(CI)c1. The summed E-state index contributed by atoms with van der Waals surface area (Å²) in [6, 6.07) is 1.52. The molecule has 1 aromatic rings. The van der Waals surface area contributed by atoms with Gasteiger partial charge in [-0.15, -0.1) is 0 Å². The number of alkyl halides is 1. The molecular weight excluding hydrogens is 312 g/mol. The Labute approximate surface area is 88.7 Å². The minimum absolute atomic E-state index is 0.0540. The first kappa shape index (κ1) is 10.2. The first-order valence-corrected chi connectivity index (χ1v) is 6.82. The van der Waals surface area contributed by atoms with Crippen LogP contribution in [0.25, 0.3) is 0 Å². The zero-order valence-electron chi connectivity index (χ0n) is 5.87. The molecule has 1 heterocycles. The minimum Gasteiger partial charge on any atom is -0.263 e. The van der Waals surface area contributed by atoms with Crippen LogP contribution in [0.3, 0.4) is 0 Å². The van der Waals surface area contributed by atoms with Crippen LogP contribution >= 0.6 is 33.3 Å². The highest BCUT2D eigenvalue weighted by atomic mass is 127. The van der Waals surface area contributed by atoms with Crippen molar-refractivity contribution in [2.24, 2.45) is 0 Å². The van der Waals surface area contributed by atoms with Crippen molar-refractivity contribution in [2.45, 2.75) is 9.32 Å². The highest BCUT2D eigenvalue weighted by molar-refractivity contribution is 14.1. The summed E-state index contributed by atoms with van der Waals surface area (Å²) in [6.45, 7) is 0. The van der Waals surface area contributed by atoms with Gasteiger partial charge in [-0.25, -0.2) is 8.42 Å². The van der Waals surface area contributed by atoms with Crippen LogP contribution in [0.5, 0.6) is 0 Å². The van der Waals surface area contributed by atoms with E-state index in [1.807, 2.05) is 0 Å². The third kappa shape index (κ3) is 2.56. The maximum absolute atomic E-state index is 10.8. The fourth-order valence-electron chi connectivity index (χ4n) is 0.670. The lowest BCUT2D eigenvalue weighted by atomic mass is 10.3. The molecule has 0 atom stereocenters. The van der Waals surface area contributed by atoms with Gasteiger partial charge in [0.2, 0.25) is 0 Å². The Morgan fingerprint density at radius 3 is 2.67 bits per heavy atom. The molecule has 0 spiro atoms. The lowest BCUT2D eigenvalue weighted by Gasteiger charge is -1.97. The molecule has 0 saturated heterocycles. The highest BCUT2D eigenvalue weighted by Crippen LogP contribution is 2.15. The second kappa shape index (κ2) is 3.89. The zero-order chi connectivity index (χ0) is 9.19. The predicted molar refractivity (Wildman–Crippen MR) is 55.0 cm³/mol. The van der Waals surface area contributed by atoms with Crippen LogP contribution in [0.4, 0.5) is 0 Å². The summed E-state index contributed by atoms with van der Waals surface area (Å²) >= 11 is 2.12. The number of hydrogen-bond donors (Lipinski definition) is 0. The highest BCUT2D eigenvalue weighted by Gasteiger charge is 2.09. The van der Waals surface area contributed by atoms with E-state index in [0.717, 1.165) is 5.56 Å². The lowest BCUT2D eigenvalue weighted by molar-refractivity contribution is 0.609. The minimum atomic E-state index is -3.63.